The topological polar surface area (TPSA) is 35.3 Å². The normalized spacial score (nSPS) is 12.1. The molecule has 0 aliphatic rings. The van der Waals surface area contributed by atoms with Crippen molar-refractivity contribution in [2.24, 2.45) is 0 Å². The Bertz CT molecular complexity index is 520. The molecule has 0 bridgehead atoms. The van der Waals surface area contributed by atoms with Gasteiger partial charge in [-0.1, -0.05) is 20.8 Å². The summed E-state index contributed by atoms with van der Waals surface area (Å²) in [5.41, 5.74) is 2.87. The molecule has 0 saturated carbocycles. The van der Waals surface area contributed by atoms with Gasteiger partial charge in [0.1, 0.15) is 11.3 Å². The van der Waals surface area contributed by atoms with E-state index in [-0.39, 0.29) is 5.41 Å². The fourth-order valence-electron chi connectivity index (χ4n) is 1.79. The van der Waals surface area contributed by atoms with Crippen LogP contribution in [-0.4, -0.2) is 12.1 Å². The summed E-state index contributed by atoms with van der Waals surface area (Å²) in [7, 11) is 1.67. The van der Waals surface area contributed by atoms with Gasteiger partial charge < -0.3 is 9.15 Å². The maximum atomic E-state index is 5.66. The van der Waals surface area contributed by atoms with Crippen LogP contribution in [0.4, 0.5) is 0 Å². The Hall–Kier alpha value is -1.51. The van der Waals surface area contributed by atoms with Gasteiger partial charge in [0.15, 0.2) is 11.5 Å². The van der Waals surface area contributed by atoms with Gasteiger partial charge in [0.05, 0.1) is 7.11 Å². The molecule has 0 saturated heterocycles. The summed E-state index contributed by atoms with van der Waals surface area (Å²) in [6.07, 6.45) is 0. The maximum absolute atomic E-state index is 5.66. The number of hydrogen-bond acceptors (Lipinski definition) is 3. The third-order valence-electron chi connectivity index (χ3n) is 2.61. The number of fused-ring (bicyclic) bond motifs is 1. The predicted molar refractivity (Wildman–Crippen MR) is 64.0 cm³/mol. The van der Waals surface area contributed by atoms with Crippen LogP contribution >= 0.6 is 0 Å². The fourth-order valence-corrected chi connectivity index (χ4v) is 1.79. The standard InChI is InChI=1S/C13H17NO2/c1-8-14-11-7-9(15-5)6-10(12(11)16-8)13(2,3)4/h6-7H,1-5H3. The van der Waals surface area contributed by atoms with Gasteiger partial charge in [-0.25, -0.2) is 4.98 Å². The molecule has 2 aromatic rings. The molecule has 1 heterocycles. The number of oxazole rings is 1. The largest absolute Gasteiger partial charge is 0.497 e. The predicted octanol–water partition coefficient (Wildman–Crippen LogP) is 3.44. The van der Waals surface area contributed by atoms with E-state index in [0.29, 0.717) is 5.89 Å². The van der Waals surface area contributed by atoms with E-state index in [1.165, 1.54) is 0 Å². The molecule has 0 unspecified atom stereocenters. The van der Waals surface area contributed by atoms with Crippen molar-refractivity contribution < 1.29 is 9.15 Å². The Morgan fingerprint density at radius 1 is 1.25 bits per heavy atom. The van der Waals surface area contributed by atoms with Gasteiger partial charge in [-0.2, -0.15) is 0 Å². The van der Waals surface area contributed by atoms with Crippen molar-refractivity contribution >= 4 is 11.1 Å². The molecule has 0 fully saturated rings. The van der Waals surface area contributed by atoms with Crippen LogP contribution in [0, 0.1) is 6.92 Å². The van der Waals surface area contributed by atoms with Gasteiger partial charge in [-0.3, -0.25) is 0 Å². The molecule has 86 valence electrons. The average molecular weight is 219 g/mol. The second-order valence-electron chi connectivity index (χ2n) is 5.01. The summed E-state index contributed by atoms with van der Waals surface area (Å²) in [6.45, 7) is 8.32. The van der Waals surface area contributed by atoms with Gasteiger partial charge in [-0.15, -0.1) is 0 Å². The summed E-state index contributed by atoms with van der Waals surface area (Å²) in [4.78, 5) is 4.35. The van der Waals surface area contributed by atoms with Crippen LogP contribution in [0.2, 0.25) is 0 Å². The highest BCUT2D eigenvalue weighted by Crippen LogP contribution is 2.33. The Morgan fingerprint density at radius 3 is 2.50 bits per heavy atom. The van der Waals surface area contributed by atoms with Gasteiger partial charge in [0.25, 0.3) is 0 Å². The highest BCUT2D eigenvalue weighted by atomic mass is 16.5. The molecular formula is C13H17NO2. The number of aromatic nitrogens is 1. The number of nitrogens with zero attached hydrogens (tertiary/aromatic N) is 1. The number of hydrogen-bond donors (Lipinski definition) is 0. The minimum atomic E-state index is 0.0127. The third-order valence-corrected chi connectivity index (χ3v) is 2.61. The van der Waals surface area contributed by atoms with E-state index in [1.807, 2.05) is 19.1 Å². The monoisotopic (exact) mass is 219 g/mol. The second-order valence-corrected chi connectivity index (χ2v) is 5.01. The van der Waals surface area contributed by atoms with Crippen LogP contribution in [0.15, 0.2) is 16.5 Å². The van der Waals surface area contributed by atoms with Gasteiger partial charge in [0.2, 0.25) is 0 Å². The first-order valence-corrected chi connectivity index (χ1v) is 5.37. The van der Waals surface area contributed by atoms with Crippen molar-refractivity contribution in [3.05, 3.63) is 23.6 Å². The van der Waals surface area contributed by atoms with E-state index in [1.54, 1.807) is 7.11 Å². The van der Waals surface area contributed by atoms with Gasteiger partial charge in [-0.05, 0) is 11.5 Å². The first kappa shape index (κ1) is 11.0. The van der Waals surface area contributed by atoms with E-state index >= 15 is 0 Å². The lowest BCUT2D eigenvalue weighted by Crippen LogP contribution is -2.11. The zero-order chi connectivity index (χ0) is 11.9. The molecule has 0 N–H and O–H groups in total. The maximum Gasteiger partial charge on any atom is 0.192 e. The number of rotatable bonds is 1. The summed E-state index contributed by atoms with van der Waals surface area (Å²) in [5.74, 6) is 1.51. The van der Waals surface area contributed by atoms with Crippen molar-refractivity contribution in [2.45, 2.75) is 33.1 Å². The van der Waals surface area contributed by atoms with E-state index in [0.717, 1.165) is 22.4 Å². The molecule has 1 aromatic carbocycles. The SMILES string of the molecule is COc1cc(C(C)(C)C)c2oc(C)nc2c1. The Labute approximate surface area is 95.4 Å². The van der Waals surface area contributed by atoms with Crippen molar-refractivity contribution in [1.29, 1.82) is 0 Å². The van der Waals surface area contributed by atoms with Crippen molar-refractivity contribution in [3.63, 3.8) is 0 Å². The van der Waals surface area contributed by atoms with Crippen LogP contribution in [0.25, 0.3) is 11.1 Å². The summed E-state index contributed by atoms with van der Waals surface area (Å²) >= 11 is 0. The molecule has 0 spiro atoms. The average Bonchev–Trinajstić information content (AvgIpc) is 2.54. The molecule has 3 nitrogen and oxygen atoms in total. The van der Waals surface area contributed by atoms with Crippen molar-refractivity contribution in [3.8, 4) is 5.75 Å². The van der Waals surface area contributed by atoms with E-state index in [4.69, 9.17) is 9.15 Å². The zero-order valence-corrected chi connectivity index (χ0v) is 10.4. The molecule has 0 aliphatic carbocycles. The Balaban J connectivity index is 2.78. The van der Waals surface area contributed by atoms with Crippen LogP contribution in [0.5, 0.6) is 5.75 Å². The molecule has 0 aliphatic heterocycles. The van der Waals surface area contributed by atoms with E-state index in [9.17, 15) is 0 Å². The Kier molecular flexibility index (Phi) is 2.41. The lowest BCUT2D eigenvalue weighted by atomic mass is 9.86. The summed E-state index contributed by atoms with van der Waals surface area (Å²) < 4.78 is 10.9. The summed E-state index contributed by atoms with van der Waals surface area (Å²) in [6, 6.07) is 3.92. The molecule has 0 amide bonds. The molecule has 2 rings (SSSR count). The highest BCUT2D eigenvalue weighted by Gasteiger charge is 2.21. The van der Waals surface area contributed by atoms with Crippen LogP contribution in [0.1, 0.15) is 32.2 Å². The lowest BCUT2D eigenvalue weighted by Gasteiger charge is -2.19. The Morgan fingerprint density at radius 2 is 1.94 bits per heavy atom. The fraction of sp³-hybridized carbons (Fsp3) is 0.462. The second kappa shape index (κ2) is 3.51. The van der Waals surface area contributed by atoms with E-state index in [2.05, 4.69) is 25.8 Å². The smallest absolute Gasteiger partial charge is 0.192 e. The zero-order valence-electron chi connectivity index (χ0n) is 10.4. The molecule has 0 atom stereocenters. The summed E-state index contributed by atoms with van der Waals surface area (Å²) in [5, 5.41) is 0. The van der Waals surface area contributed by atoms with E-state index < -0.39 is 0 Å². The number of aryl methyl sites for hydroxylation is 1. The molecule has 3 heteroatoms. The first-order chi connectivity index (χ1) is 7.41. The van der Waals surface area contributed by atoms with Crippen LogP contribution in [0.3, 0.4) is 0 Å². The third kappa shape index (κ3) is 1.77. The minimum absolute atomic E-state index is 0.0127. The molecule has 0 radical (unpaired) electrons. The number of benzene rings is 1. The minimum Gasteiger partial charge on any atom is -0.497 e. The molecule has 1 aromatic heterocycles. The van der Waals surface area contributed by atoms with Gasteiger partial charge >= 0.3 is 0 Å². The number of ether oxygens (including phenoxy) is 1. The molecular weight excluding hydrogens is 202 g/mol. The lowest BCUT2D eigenvalue weighted by molar-refractivity contribution is 0.413. The highest BCUT2D eigenvalue weighted by molar-refractivity contribution is 5.79. The molecule has 16 heavy (non-hydrogen) atoms. The van der Waals surface area contributed by atoms with Crippen LogP contribution < -0.4 is 4.74 Å². The quantitative estimate of drug-likeness (QED) is 0.737. The first-order valence-electron chi connectivity index (χ1n) is 5.37. The van der Waals surface area contributed by atoms with Crippen LogP contribution in [-0.2, 0) is 5.41 Å². The van der Waals surface area contributed by atoms with Gasteiger partial charge in [0, 0.05) is 18.6 Å². The number of methoxy groups -OCH3 is 1. The van der Waals surface area contributed by atoms with Crippen molar-refractivity contribution in [2.75, 3.05) is 7.11 Å². The van der Waals surface area contributed by atoms with Crippen molar-refractivity contribution in [1.82, 2.24) is 4.98 Å².